The van der Waals surface area contributed by atoms with Gasteiger partial charge in [0.05, 0.1) is 38.6 Å². The van der Waals surface area contributed by atoms with Gasteiger partial charge >= 0.3 is 0 Å². The molecule has 12 N–H and O–H groups in total. The smallest absolute Gasteiger partial charge is 0.220 e. The van der Waals surface area contributed by atoms with Gasteiger partial charge in [-0.1, -0.05) is 83.1 Å². The van der Waals surface area contributed by atoms with Gasteiger partial charge in [0.1, 0.15) is 73.2 Å². The van der Waals surface area contributed by atoms with Crippen molar-refractivity contribution >= 4 is 5.91 Å². The molecule has 3 heterocycles. The Morgan fingerprint density at radius 3 is 1.62 bits per heavy atom. The summed E-state index contributed by atoms with van der Waals surface area (Å²) >= 11 is 0. The molecule has 350 valence electrons. The first-order chi connectivity index (χ1) is 28.8. The molecule has 0 aromatic heterocycles. The molecule has 3 rings (SSSR count). The van der Waals surface area contributed by atoms with Gasteiger partial charge in [-0.2, -0.15) is 0 Å². The molecule has 3 aliphatic heterocycles. The van der Waals surface area contributed by atoms with Crippen LogP contribution in [0, 0.1) is 0 Å². The zero-order chi connectivity index (χ0) is 44.2. The van der Waals surface area contributed by atoms with Crippen LogP contribution in [0.5, 0.6) is 0 Å². The van der Waals surface area contributed by atoms with Crippen LogP contribution >= 0.6 is 0 Å². The Balaban J connectivity index is 1.58. The fraction of sp³-hybridized carbons (Fsp3) is 0.878. The van der Waals surface area contributed by atoms with Crippen molar-refractivity contribution in [2.75, 3.05) is 26.4 Å². The molecular formula is C41H73NO18. The number of ether oxygens (including phenoxy) is 6. The van der Waals surface area contributed by atoms with Gasteiger partial charge in [0.15, 0.2) is 18.9 Å². The first-order valence-electron chi connectivity index (χ1n) is 21.6. The maximum Gasteiger partial charge on any atom is 0.220 e. The largest absolute Gasteiger partial charge is 0.394 e. The van der Waals surface area contributed by atoms with Crippen molar-refractivity contribution < 1.29 is 89.4 Å². The summed E-state index contributed by atoms with van der Waals surface area (Å²) in [7, 11) is 0. The molecule has 3 aliphatic rings. The molecule has 0 aromatic carbocycles. The number of carbonyl (C=O) groups is 1. The highest BCUT2D eigenvalue weighted by Crippen LogP contribution is 2.32. The number of aliphatic hydroxyl groups excluding tert-OH is 11. The molecule has 0 spiro atoms. The molecule has 17 unspecified atom stereocenters. The Bertz CT molecular complexity index is 1230. The van der Waals surface area contributed by atoms with Crippen molar-refractivity contribution in [2.24, 2.45) is 0 Å². The monoisotopic (exact) mass is 867 g/mol. The zero-order valence-corrected chi connectivity index (χ0v) is 34.9. The van der Waals surface area contributed by atoms with Gasteiger partial charge in [0, 0.05) is 6.42 Å². The van der Waals surface area contributed by atoms with E-state index in [-0.39, 0.29) is 18.9 Å². The van der Waals surface area contributed by atoms with E-state index >= 15 is 0 Å². The van der Waals surface area contributed by atoms with Gasteiger partial charge in [-0.3, -0.25) is 4.79 Å². The van der Waals surface area contributed by atoms with Crippen LogP contribution in [-0.4, -0.2) is 193 Å². The third-order valence-electron chi connectivity index (χ3n) is 11.0. The molecule has 3 saturated heterocycles. The highest BCUT2D eigenvalue weighted by atomic mass is 16.8. The van der Waals surface area contributed by atoms with E-state index in [2.05, 4.69) is 24.4 Å². The van der Waals surface area contributed by atoms with Crippen LogP contribution in [0.1, 0.15) is 97.3 Å². The summed E-state index contributed by atoms with van der Waals surface area (Å²) in [5.74, 6) is -0.300. The fourth-order valence-electron chi connectivity index (χ4n) is 7.21. The summed E-state index contributed by atoms with van der Waals surface area (Å²) in [6.45, 7) is 1.42. The van der Waals surface area contributed by atoms with Crippen LogP contribution in [0.3, 0.4) is 0 Å². The second-order valence-corrected chi connectivity index (χ2v) is 15.8. The molecule has 60 heavy (non-hydrogen) atoms. The van der Waals surface area contributed by atoms with Gasteiger partial charge < -0.3 is 89.9 Å². The maximum atomic E-state index is 13.0. The topological polar surface area (TPSA) is 307 Å². The van der Waals surface area contributed by atoms with Crippen LogP contribution in [0.4, 0.5) is 0 Å². The predicted molar refractivity (Wildman–Crippen MR) is 213 cm³/mol. The Morgan fingerprint density at radius 1 is 0.583 bits per heavy atom. The molecule has 0 aromatic rings. The zero-order valence-electron chi connectivity index (χ0n) is 34.9. The summed E-state index contributed by atoms with van der Waals surface area (Å²) in [6.07, 6.45) is -6.96. The highest BCUT2D eigenvalue weighted by Gasteiger charge is 2.53. The number of rotatable bonds is 27. The van der Waals surface area contributed by atoms with E-state index in [1.54, 1.807) is 12.2 Å². The van der Waals surface area contributed by atoms with E-state index in [0.717, 1.165) is 51.4 Å². The van der Waals surface area contributed by atoms with Crippen LogP contribution in [-0.2, 0) is 33.2 Å². The quantitative estimate of drug-likeness (QED) is 0.0331. The molecule has 0 radical (unpaired) electrons. The lowest BCUT2D eigenvalue weighted by Gasteiger charge is -2.48. The third kappa shape index (κ3) is 15.8. The summed E-state index contributed by atoms with van der Waals surface area (Å²) < 4.78 is 33.8. The molecule has 1 amide bonds. The predicted octanol–water partition coefficient (Wildman–Crippen LogP) is -1.48. The number of nitrogens with one attached hydrogen (secondary N) is 1. The Kier molecular flexibility index (Phi) is 24.7. The van der Waals surface area contributed by atoms with Gasteiger partial charge in [0.2, 0.25) is 5.91 Å². The van der Waals surface area contributed by atoms with E-state index in [1.165, 1.54) is 12.8 Å². The molecular weight excluding hydrogens is 794 g/mol. The molecule has 0 saturated carbocycles. The minimum absolute atomic E-state index is 0.230. The van der Waals surface area contributed by atoms with Crippen molar-refractivity contribution in [1.29, 1.82) is 0 Å². The average Bonchev–Trinajstić information content (AvgIpc) is 3.24. The molecule has 0 aliphatic carbocycles. The average molecular weight is 868 g/mol. The van der Waals surface area contributed by atoms with E-state index in [1.807, 2.05) is 6.92 Å². The van der Waals surface area contributed by atoms with Crippen LogP contribution in [0.15, 0.2) is 24.3 Å². The SMILES string of the molecule is CCCC/C=C\CCCCCCCC(=O)NC(COC1OC(CO)C(OC2OC(CO)C(OC3OC(CO)C(O)C(O)C3O)C(O)C2O)C(O)C1O)C(O)/C=C/CCCC. The summed E-state index contributed by atoms with van der Waals surface area (Å²) in [5.41, 5.74) is 0. The standard InChI is InChI=1S/C41H73NO18/c1-3-5-7-9-10-11-12-13-14-15-17-19-29(47)42-24(25(46)18-16-8-6-4-2)23-55-39-35(53)32(50)37(27(21-44)57-39)60-41-36(54)33(51)38(28(22-45)58-41)59-40-34(52)31(49)30(48)26(20-43)56-40/h9-10,16,18,24-28,30-41,43-46,48-54H,3-8,11-15,17,19-23H2,1-2H3,(H,42,47)/b10-9-,18-16+. The second kappa shape index (κ2) is 28.1. The highest BCUT2D eigenvalue weighted by molar-refractivity contribution is 5.76. The number of allylic oxidation sites excluding steroid dienone is 3. The van der Waals surface area contributed by atoms with E-state index < -0.39 is 124 Å². The number of aliphatic hydroxyl groups is 11. The van der Waals surface area contributed by atoms with Crippen molar-refractivity contribution in [2.45, 2.75) is 202 Å². The minimum atomic E-state index is -1.97. The number of carbonyl (C=O) groups excluding carboxylic acids is 1. The molecule has 17 atom stereocenters. The van der Waals surface area contributed by atoms with Crippen LogP contribution in [0.25, 0.3) is 0 Å². The molecule has 19 heteroatoms. The van der Waals surface area contributed by atoms with Crippen molar-refractivity contribution in [3.8, 4) is 0 Å². The first kappa shape index (κ1) is 52.6. The van der Waals surface area contributed by atoms with Gasteiger partial charge in [-0.05, 0) is 32.1 Å². The molecule has 19 nitrogen and oxygen atoms in total. The lowest BCUT2D eigenvalue weighted by atomic mass is 9.96. The number of unbranched alkanes of at least 4 members (excludes halogenated alkanes) is 9. The summed E-state index contributed by atoms with van der Waals surface area (Å²) in [6, 6.07) is -0.967. The maximum absolute atomic E-state index is 13.0. The van der Waals surface area contributed by atoms with Crippen molar-refractivity contribution in [3.05, 3.63) is 24.3 Å². The van der Waals surface area contributed by atoms with Crippen LogP contribution in [0.2, 0.25) is 0 Å². The molecule has 0 bridgehead atoms. The van der Waals surface area contributed by atoms with Crippen molar-refractivity contribution in [3.63, 3.8) is 0 Å². The lowest BCUT2D eigenvalue weighted by molar-refractivity contribution is -0.379. The minimum Gasteiger partial charge on any atom is -0.394 e. The summed E-state index contributed by atoms with van der Waals surface area (Å²) in [5, 5.41) is 118. The first-order valence-corrected chi connectivity index (χ1v) is 21.6. The summed E-state index contributed by atoms with van der Waals surface area (Å²) in [4.78, 5) is 13.0. The van der Waals surface area contributed by atoms with E-state index in [0.29, 0.717) is 12.8 Å². The van der Waals surface area contributed by atoms with E-state index in [9.17, 15) is 61.0 Å². The third-order valence-corrected chi connectivity index (χ3v) is 11.0. The molecule has 3 fully saturated rings. The van der Waals surface area contributed by atoms with E-state index in [4.69, 9.17) is 28.4 Å². The number of amides is 1. The van der Waals surface area contributed by atoms with Gasteiger partial charge in [0.25, 0.3) is 0 Å². The van der Waals surface area contributed by atoms with Crippen molar-refractivity contribution in [1.82, 2.24) is 5.32 Å². The number of hydrogen-bond donors (Lipinski definition) is 12. The Morgan fingerprint density at radius 2 is 1.05 bits per heavy atom. The van der Waals surface area contributed by atoms with Gasteiger partial charge in [-0.25, -0.2) is 0 Å². The lowest BCUT2D eigenvalue weighted by Crippen LogP contribution is -2.66. The number of hydrogen-bond acceptors (Lipinski definition) is 18. The van der Waals surface area contributed by atoms with Crippen LogP contribution < -0.4 is 5.32 Å². The van der Waals surface area contributed by atoms with Gasteiger partial charge in [-0.15, -0.1) is 0 Å². The normalized spacial score (nSPS) is 36.2. The fourth-order valence-corrected chi connectivity index (χ4v) is 7.21. The second-order valence-electron chi connectivity index (χ2n) is 15.8. The Labute approximate surface area is 352 Å². The Hall–Kier alpha value is -1.73.